The molecule has 0 aliphatic heterocycles. The first-order valence-corrected chi connectivity index (χ1v) is 8.92. The fourth-order valence-electron chi connectivity index (χ4n) is 2.93. The highest BCUT2D eigenvalue weighted by Gasteiger charge is 2.07. The zero-order valence-electron chi connectivity index (χ0n) is 12.8. The Kier molecular flexibility index (Phi) is 4.13. The molecule has 0 aromatic heterocycles. The lowest BCUT2D eigenvalue weighted by Gasteiger charge is -2.10. The minimum atomic E-state index is 0.770. The zero-order valence-corrected chi connectivity index (χ0v) is 15.2. The fourth-order valence-corrected chi connectivity index (χ4v) is 3.42. The van der Waals surface area contributed by atoms with Crippen molar-refractivity contribution in [2.45, 2.75) is 0 Å². The molecule has 0 aliphatic rings. The highest BCUT2D eigenvalue weighted by Crippen LogP contribution is 2.34. The first-order chi connectivity index (χ1) is 11.7. The second kappa shape index (κ2) is 6.43. The second-order valence-electron chi connectivity index (χ2n) is 5.76. The molecule has 24 heavy (non-hydrogen) atoms. The van der Waals surface area contributed by atoms with Gasteiger partial charge >= 0.3 is 0 Å². The maximum absolute atomic E-state index is 6.49. The average molecular weight is 394 g/mol. The molecule has 0 N–H and O–H groups in total. The first kappa shape index (κ1) is 15.4. The Morgan fingerprint density at radius 1 is 0.583 bits per heavy atom. The molecule has 0 spiro atoms. The van der Waals surface area contributed by atoms with Gasteiger partial charge in [-0.25, -0.2) is 0 Å². The molecular weight excluding hydrogens is 380 g/mol. The third-order valence-corrected chi connectivity index (χ3v) is 5.06. The monoisotopic (exact) mass is 392 g/mol. The number of hydrogen-bond donors (Lipinski definition) is 0. The van der Waals surface area contributed by atoms with Gasteiger partial charge < -0.3 is 0 Å². The molecule has 4 aromatic rings. The van der Waals surface area contributed by atoms with Crippen LogP contribution in [0.25, 0.3) is 33.0 Å². The lowest BCUT2D eigenvalue weighted by atomic mass is 9.97. The predicted octanol–water partition coefficient (Wildman–Crippen LogP) is 7.59. The number of benzene rings is 4. The molecular formula is C22H14BrCl. The highest BCUT2D eigenvalue weighted by atomic mass is 79.9. The van der Waals surface area contributed by atoms with Crippen molar-refractivity contribution in [3.05, 3.63) is 94.4 Å². The zero-order chi connectivity index (χ0) is 16.5. The fraction of sp³-hybridized carbons (Fsp3) is 0. The van der Waals surface area contributed by atoms with Crippen LogP contribution >= 0.6 is 27.5 Å². The smallest absolute Gasteiger partial charge is 0.0484 e. The van der Waals surface area contributed by atoms with Gasteiger partial charge in [0.1, 0.15) is 0 Å². The van der Waals surface area contributed by atoms with Crippen molar-refractivity contribution in [2.75, 3.05) is 0 Å². The Hall–Kier alpha value is -2.09. The molecule has 0 bridgehead atoms. The number of fused-ring (bicyclic) bond motifs is 1. The van der Waals surface area contributed by atoms with Gasteiger partial charge in [0.2, 0.25) is 0 Å². The normalized spacial score (nSPS) is 10.9. The Bertz CT molecular complexity index is 1020. The maximum atomic E-state index is 6.49. The molecule has 0 amide bonds. The van der Waals surface area contributed by atoms with E-state index < -0.39 is 0 Å². The molecule has 0 saturated heterocycles. The van der Waals surface area contributed by atoms with E-state index in [0.29, 0.717) is 0 Å². The number of halogens is 2. The molecule has 4 aromatic carbocycles. The minimum absolute atomic E-state index is 0.770. The Balaban J connectivity index is 1.84. The van der Waals surface area contributed by atoms with Crippen molar-refractivity contribution in [1.82, 2.24) is 0 Å². The summed E-state index contributed by atoms with van der Waals surface area (Å²) in [5.41, 5.74) is 4.53. The van der Waals surface area contributed by atoms with Gasteiger partial charge in [-0.05, 0) is 57.8 Å². The SMILES string of the molecule is Clc1ccc(-c2ccc(Br)cc2)cc1-c1ccc2ccccc2c1. The summed E-state index contributed by atoms with van der Waals surface area (Å²) in [4.78, 5) is 0. The van der Waals surface area contributed by atoms with Crippen molar-refractivity contribution in [3.63, 3.8) is 0 Å². The molecule has 0 unspecified atom stereocenters. The lowest BCUT2D eigenvalue weighted by molar-refractivity contribution is 1.58. The van der Waals surface area contributed by atoms with E-state index in [0.717, 1.165) is 26.2 Å². The van der Waals surface area contributed by atoms with Gasteiger partial charge in [-0.1, -0.05) is 82.1 Å². The molecule has 0 atom stereocenters. The van der Waals surface area contributed by atoms with E-state index in [1.165, 1.54) is 16.3 Å². The van der Waals surface area contributed by atoms with Gasteiger partial charge in [-0.2, -0.15) is 0 Å². The van der Waals surface area contributed by atoms with Crippen LogP contribution in [0.1, 0.15) is 0 Å². The number of hydrogen-bond acceptors (Lipinski definition) is 0. The van der Waals surface area contributed by atoms with Crippen LogP contribution in [0.15, 0.2) is 89.4 Å². The standard InChI is InChI=1S/C22H14BrCl/c23-20-10-7-16(8-11-20)18-9-12-22(24)21(14-18)19-6-5-15-3-1-2-4-17(15)13-19/h1-14H. The quantitative estimate of drug-likeness (QED) is 0.329. The van der Waals surface area contributed by atoms with Crippen molar-refractivity contribution in [1.29, 1.82) is 0 Å². The molecule has 116 valence electrons. The third-order valence-electron chi connectivity index (χ3n) is 4.20. The van der Waals surface area contributed by atoms with E-state index in [2.05, 4.69) is 94.8 Å². The van der Waals surface area contributed by atoms with Gasteiger partial charge in [-0.3, -0.25) is 0 Å². The molecule has 0 saturated carbocycles. The van der Waals surface area contributed by atoms with E-state index >= 15 is 0 Å². The first-order valence-electron chi connectivity index (χ1n) is 7.75. The summed E-state index contributed by atoms with van der Waals surface area (Å²) in [5.74, 6) is 0. The summed E-state index contributed by atoms with van der Waals surface area (Å²) in [6, 6.07) is 29.4. The summed E-state index contributed by atoms with van der Waals surface area (Å²) in [5, 5.41) is 3.23. The molecule has 4 rings (SSSR count). The van der Waals surface area contributed by atoms with Crippen molar-refractivity contribution < 1.29 is 0 Å². The summed E-state index contributed by atoms with van der Waals surface area (Å²) >= 11 is 9.97. The van der Waals surface area contributed by atoms with Crippen LogP contribution in [-0.2, 0) is 0 Å². The topological polar surface area (TPSA) is 0 Å². The lowest BCUT2D eigenvalue weighted by Crippen LogP contribution is -1.84. The van der Waals surface area contributed by atoms with Crippen LogP contribution in [0.2, 0.25) is 5.02 Å². The van der Waals surface area contributed by atoms with Crippen LogP contribution in [0, 0.1) is 0 Å². The average Bonchev–Trinajstić information content (AvgIpc) is 2.62. The largest absolute Gasteiger partial charge is 0.0837 e. The van der Waals surface area contributed by atoms with Crippen LogP contribution in [0.4, 0.5) is 0 Å². The van der Waals surface area contributed by atoms with E-state index in [-0.39, 0.29) is 0 Å². The van der Waals surface area contributed by atoms with Gasteiger partial charge in [0.15, 0.2) is 0 Å². The minimum Gasteiger partial charge on any atom is -0.0837 e. The highest BCUT2D eigenvalue weighted by molar-refractivity contribution is 9.10. The molecule has 2 heteroatoms. The van der Waals surface area contributed by atoms with E-state index in [9.17, 15) is 0 Å². The van der Waals surface area contributed by atoms with Crippen molar-refractivity contribution in [2.24, 2.45) is 0 Å². The summed E-state index contributed by atoms with van der Waals surface area (Å²) < 4.78 is 1.08. The Labute approximate surface area is 154 Å². The van der Waals surface area contributed by atoms with Crippen LogP contribution in [-0.4, -0.2) is 0 Å². The summed E-state index contributed by atoms with van der Waals surface area (Å²) in [7, 11) is 0. The van der Waals surface area contributed by atoms with Gasteiger partial charge in [-0.15, -0.1) is 0 Å². The third kappa shape index (κ3) is 2.98. The van der Waals surface area contributed by atoms with Gasteiger partial charge in [0.05, 0.1) is 0 Å². The van der Waals surface area contributed by atoms with E-state index in [1.807, 2.05) is 6.07 Å². The molecule has 0 fully saturated rings. The van der Waals surface area contributed by atoms with Crippen molar-refractivity contribution >= 4 is 38.3 Å². The Morgan fingerprint density at radius 2 is 1.25 bits per heavy atom. The van der Waals surface area contributed by atoms with Crippen LogP contribution in [0.3, 0.4) is 0 Å². The van der Waals surface area contributed by atoms with Crippen molar-refractivity contribution in [3.8, 4) is 22.3 Å². The van der Waals surface area contributed by atoms with Crippen LogP contribution < -0.4 is 0 Å². The molecule has 0 heterocycles. The Morgan fingerprint density at radius 3 is 2.04 bits per heavy atom. The molecule has 0 nitrogen and oxygen atoms in total. The summed E-state index contributed by atoms with van der Waals surface area (Å²) in [6.45, 7) is 0. The maximum Gasteiger partial charge on any atom is 0.0484 e. The number of rotatable bonds is 2. The molecule has 0 aliphatic carbocycles. The summed E-state index contributed by atoms with van der Waals surface area (Å²) in [6.07, 6.45) is 0. The predicted molar refractivity (Wildman–Crippen MR) is 108 cm³/mol. The van der Waals surface area contributed by atoms with E-state index in [4.69, 9.17) is 11.6 Å². The molecule has 0 radical (unpaired) electrons. The van der Waals surface area contributed by atoms with Gasteiger partial charge in [0, 0.05) is 15.1 Å². The van der Waals surface area contributed by atoms with Crippen LogP contribution in [0.5, 0.6) is 0 Å². The van der Waals surface area contributed by atoms with Gasteiger partial charge in [0.25, 0.3) is 0 Å². The second-order valence-corrected chi connectivity index (χ2v) is 7.09. The van der Waals surface area contributed by atoms with E-state index in [1.54, 1.807) is 0 Å².